The molecule has 1 aromatic rings. The molecule has 0 N–H and O–H groups in total. The third-order valence-corrected chi connectivity index (χ3v) is 7.25. The maximum absolute atomic E-state index is 13.1. The molecule has 2 fully saturated rings. The van der Waals surface area contributed by atoms with Crippen molar-refractivity contribution in [3.63, 3.8) is 0 Å². The molecule has 0 aromatic heterocycles. The Morgan fingerprint density at radius 1 is 1.31 bits per heavy atom. The van der Waals surface area contributed by atoms with Gasteiger partial charge in [0.1, 0.15) is 5.41 Å². The zero-order valence-corrected chi connectivity index (χ0v) is 15.8. The van der Waals surface area contributed by atoms with Crippen molar-refractivity contribution < 1.29 is 22.7 Å². The SMILES string of the molecule is C=C1C2CCC(C(=O)OCC)(CCN1S(=O)(=O)c1ccc(C)cc1)C2=O. The largest absolute Gasteiger partial charge is 0.465 e. The quantitative estimate of drug-likeness (QED) is 0.595. The minimum atomic E-state index is -3.83. The number of ether oxygens (including phenoxy) is 1. The van der Waals surface area contributed by atoms with E-state index in [0.717, 1.165) is 5.56 Å². The molecule has 140 valence electrons. The monoisotopic (exact) mass is 377 g/mol. The van der Waals surface area contributed by atoms with Crippen molar-refractivity contribution in [2.75, 3.05) is 13.2 Å². The van der Waals surface area contributed by atoms with Crippen LogP contribution in [-0.4, -0.2) is 37.6 Å². The van der Waals surface area contributed by atoms with Crippen molar-refractivity contribution in [1.82, 2.24) is 4.31 Å². The number of aryl methyl sites for hydroxylation is 1. The normalized spacial score (nSPS) is 25.9. The number of nitrogens with zero attached hydrogens (tertiary/aromatic N) is 1. The molecule has 2 atom stereocenters. The van der Waals surface area contributed by atoms with E-state index in [2.05, 4.69) is 6.58 Å². The van der Waals surface area contributed by atoms with E-state index in [1.165, 1.54) is 4.31 Å². The summed E-state index contributed by atoms with van der Waals surface area (Å²) in [5.41, 5.74) is -0.0466. The van der Waals surface area contributed by atoms with Crippen LogP contribution in [-0.2, 0) is 24.3 Å². The third kappa shape index (κ3) is 2.74. The molecule has 0 radical (unpaired) electrons. The van der Waals surface area contributed by atoms with Gasteiger partial charge < -0.3 is 4.74 Å². The second kappa shape index (κ2) is 6.54. The molecule has 0 amide bonds. The Bertz CT molecular complexity index is 858. The fraction of sp³-hybridized carbons (Fsp3) is 0.474. The average molecular weight is 377 g/mol. The summed E-state index contributed by atoms with van der Waals surface area (Å²) in [5.74, 6) is -1.47. The third-order valence-electron chi connectivity index (χ3n) is 5.39. The molecule has 1 aliphatic carbocycles. The molecule has 3 rings (SSSR count). The molecule has 2 unspecified atom stereocenters. The highest BCUT2D eigenvalue weighted by atomic mass is 32.2. The summed E-state index contributed by atoms with van der Waals surface area (Å²) in [4.78, 5) is 25.6. The fourth-order valence-electron chi connectivity index (χ4n) is 3.84. The molecule has 7 heteroatoms. The van der Waals surface area contributed by atoms with Crippen LogP contribution in [0, 0.1) is 18.3 Å². The van der Waals surface area contributed by atoms with E-state index in [1.807, 2.05) is 6.92 Å². The first-order valence-electron chi connectivity index (χ1n) is 8.74. The van der Waals surface area contributed by atoms with Gasteiger partial charge in [-0.1, -0.05) is 24.3 Å². The first kappa shape index (κ1) is 18.6. The maximum atomic E-state index is 13.1. The minimum absolute atomic E-state index is 0.0378. The van der Waals surface area contributed by atoms with Crippen LogP contribution in [0.15, 0.2) is 41.4 Å². The van der Waals surface area contributed by atoms with Crippen LogP contribution >= 0.6 is 0 Å². The lowest BCUT2D eigenvalue weighted by atomic mass is 9.81. The number of allylic oxidation sites excluding steroid dienone is 1. The fourth-order valence-corrected chi connectivity index (χ4v) is 5.34. The lowest BCUT2D eigenvalue weighted by Gasteiger charge is -2.29. The summed E-state index contributed by atoms with van der Waals surface area (Å²) in [6, 6.07) is 6.55. The lowest BCUT2D eigenvalue weighted by molar-refractivity contribution is -0.159. The van der Waals surface area contributed by atoms with Crippen molar-refractivity contribution >= 4 is 21.8 Å². The van der Waals surface area contributed by atoms with Gasteiger partial charge in [0.15, 0.2) is 5.78 Å². The van der Waals surface area contributed by atoms with E-state index in [0.29, 0.717) is 12.8 Å². The van der Waals surface area contributed by atoms with Crippen molar-refractivity contribution in [2.24, 2.45) is 11.3 Å². The number of ketones is 1. The maximum Gasteiger partial charge on any atom is 0.319 e. The Morgan fingerprint density at radius 3 is 2.58 bits per heavy atom. The van der Waals surface area contributed by atoms with E-state index in [-0.39, 0.29) is 35.9 Å². The highest BCUT2D eigenvalue weighted by Crippen LogP contribution is 2.48. The molecule has 1 aliphatic heterocycles. The van der Waals surface area contributed by atoms with Gasteiger partial charge in [-0.2, -0.15) is 0 Å². The average Bonchev–Trinajstić information content (AvgIpc) is 2.86. The van der Waals surface area contributed by atoms with E-state index in [4.69, 9.17) is 4.74 Å². The Hall–Kier alpha value is -2.15. The Balaban J connectivity index is 1.98. The van der Waals surface area contributed by atoms with E-state index in [9.17, 15) is 18.0 Å². The van der Waals surface area contributed by atoms with Crippen LogP contribution in [0.25, 0.3) is 0 Å². The van der Waals surface area contributed by atoms with Crippen molar-refractivity contribution in [2.45, 2.75) is 38.0 Å². The van der Waals surface area contributed by atoms with Crippen molar-refractivity contribution in [3.8, 4) is 0 Å². The van der Waals surface area contributed by atoms with E-state index in [1.54, 1.807) is 31.2 Å². The molecule has 1 saturated heterocycles. The summed E-state index contributed by atoms with van der Waals surface area (Å²) < 4.78 is 32.5. The predicted molar refractivity (Wildman–Crippen MR) is 95.6 cm³/mol. The summed E-state index contributed by atoms with van der Waals surface area (Å²) in [6.07, 6.45) is 0.911. The standard InChI is InChI=1S/C19H23NO5S/c1-4-25-18(22)19-10-9-16(17(19)21)14(3)20(12-11-19)26(23,24)15-7-5-13(2)6-8-15/h5-8,16H,3-4,9-12H2,1-2H3. The number of sulfonamides is 1. The van der Waals surface area contributed by atoms with E-state index < -0.39 is 27.3 Å². The number of esters is 1. The van der Waals surface area contributed by atoms with Crippen LogP contribution in [0.2, 0.25) is 0 Å². The Kier molecular flexibility index (Phi) is 4.69. The number of rotatable bonds is 4. The molecule has 1 aromatic carbocycles. The van der Waals surface area contributed by atoms with Gasteiger partial charge in [-0.15, -0.1) is 0 Å². The van der Waals surface area contributed by atoms with Crippen molar-refractivity contribution in [3.05, 3.63) is 42.1 Å². The second-order valence-corrected chi connectivity index (χ2v) is 8.75. The molecule has 0 spiro atoms. The van der Waals surface area contributed by atoms with Gasteiger partial charge in [-0.05, 0) is 45.2 Å². The number of fused-ring (bicyclic) bond motifs is 2. The van der Waals surface area contributed by atoms with Gasteiger partial charge in [0.25, 0.3) is 10.0 Å². The van der Waals surface area contributed by atoms with Crippen LogP contribution < -0.4 is 0 Å². The summed E-state index contributed by atoms with van der Waals surface area (Å²) in [7, 11) is -3.83. The molecule has 1 heterocycles. The van der Waals surface area contributed by atoms with Crippen LogP contribution in [0.5, 0.6) is 0 Å². The molecular formula is C19H23NO5S. The minimum Gasteiger partial charge on any atom is -0.465 e. The zero-order valence-electron chi connectivity index (χ0n) is 15.0. The Labute approximate surface area is 153 Å². The number of carbonyl (C=O) groups excluding carboxylic acids is 2. The highest BCUT2D eigenvalue weighted by Gasteiger charge is 2.58. The molecule has 6 nitrogen and oxygen atoms in total. The molecule has 26 heavy (non-hydrogen) atoms. The molecule has 2 aliphatic rings. The number of benzene rings is 1. The van der Waals surface area contributed by atoms with Crippen LogP contribution in [0.1, 0.15) is 31.7 Å². The first-order chi connectivity index (χ1) is 12.2. The summed E-state index contributed by atoms with van der Waals surface area (Å²) in [6.45, 7) is 7.69. The van der Waals surface area contributed by atoms with Gasteiger partial charge >= 0.3 is 5.97 Å². The second-order valence-electron chi connectivity index (χ2n) is 6.89. The number of carbonyl (C=O) groups is 2. The van der Waals surface area contributed by atoms with Gasteiger partial charge in [0.2, 0.25) is 0 Å². The number of Topliss-reactive ketones (excluding diaryl/α,β-unsaturated/α-hetero) is 1. The van der Waals surface area contributed by atoms with Crippen LogP contribution in [0.3, 0.4) is 0 Å². The highest BCUT2D eigenvalue weighted by molar-refractivity contribution is 7.89. The summed E-state index contributed by atoms with van der Waals surface area (Å²) >= 11 is 0. The van der Waals surface area contributed by atoms with E-state index >= 15 is 0 Å². The van der Waals surface area contributed by atoms with Gasteiger partial charge in [0, 0.05) is 12.2 Å². The Morgan fingerprint density at radius 2 is 1.96 bits per heavy atom. The smallest absolute Gasteiger partial charge is 0.319 e. The number of hydrogen-bond acceptors (Lipinski definition) is 5. The predicted octanol–water partition coefficient (Wildman–Crippen LogP) is 2.43. The van der Waals surface area contributed by atoms with Gasteiger partial charge in [-0.3, -0.25) is 13.9 Å². The zero-order chi connectivity index (χ0) is 19.1. The van der Waals surface area contributed by atoms with Gasteiger partial charge in [-0.25, -0.2) is 8.42 Å². The topological polar surface area (TPSA) is 80.8 Å². The summed E-state index contributed by atoms with van der Waals surface area (Å²) in [5, 5.41) is 0. The lowest BCUT2D eigenvalue weighted by Crippen LogP contribution is -2.39. The molecule has 1 saturated carbocycles. The molecule has 2 bridgehead atoms. The number of hydrogen-bond donors (Lipinski definition) is 0. The van der Waals surface area contributed by atoms with Crippen molar-refractivity contribution in [1.29, 1.82) is 0 Å². The molecular weight excluding hydrogens is 354 g/mol. The van der Waals surface area contributed by atoms with Crippen LogP contribution in [0.4, 0.5) is 0 Å². The van der Waals surface area contributed by atoms with Gasteiger partial charge in [0.05, 0.1) is 17.4 Å². The first-order valence-corrected chi connectivity index (χ1v) is 10.2.